The zero-order valence-corrected chi connectivity index (χ0v) is 18.1. The van der Waals surface area contributed by atoms with E-state index in [4.69, 9.17) is 0 Å². The van der Waals surface area contributed by atoms with Gasteiger partial charge in [0.1, 0.15) is 0 Å². The van der Waals surface area contributed by atoms with Crippen molar-refractivity contribution in [2.75, 3.05) is 29.9 Å². The van der Waals surface area contributed by atoms with E-state index >= 15 is 0 Å². The number of carbonyl (C=O) groups is 1. The number of piperazine rings is 1. The first kappa shape index (κ1) is 23.0. The van der Waals surface area contributed by atoms with Gasteiger partial charge in [0.05, 0.1) is 17.8 Å². The van der Waals surface area contributed by atoms with E-state index in [0.717, 1.165) is 17.8 Å². The van der Waals surface area contributed by atoms with Crippen LogP contribution in [0.4, 0.5) is 30.9 Å². The van der Waals surface area contributed by atoms with Crippen molar-refractivity contribution >= 4 is 41.8 Å². The molecule has 1 aliphatic rings. The number of amides is 1. The predicted octanol–water partition coefficient (Wildman–Crippen LogP) is 3.50. The molecule has 12 heteroatoms. The number of nitrogens with zero attached hydrogens (tertiary/aromatic N) is 5. The number of aromatic nitrogens is 5. The zero-order chi connectivity index (χ0) is 24.1. The monoisotopic (exact) mass is 470 g/mol. The fourth-order valence-corrected chi connectivity index (χ4v) is 3.23. The van der Waals surface area contributed by atoms with Crippen LogP contribution in [0.5, 0.6) is 0 Å². The molecule has 3 N–H and O–H groups in total. The van der Waals surface area contributed by atoms with Gasteiger partial charge in [-0.15, -0.1) is 0 Å². The van der Waals surface area contributed by atoms with Gasteiger partial charge in [0.15, 0.2) is 11.6 Å². The molecular weight excluding hydrogens is 449 g/mol. The summed E-state index contributed by atoms with van der Waals surface area (Å²) >= 11 is 0. The van der Waals surface area contributed by atoms with Crippen molar-refractivity contribution in [2.45, 2.75) is 13.1 Å². The smallest absolute Gasteiger partial charge is 0.353 e. The number of halogens is 3. The molecule has 1 fully saturated rings. The van der Waals surface area contributed by atoms with Crippen LogP contribution in [0.2, 0.25) is 0 Å². The van der Waals surface area contributed by atoms with Crippen LogP contribution in [0.3, 0.4) is 0 Å². The van der Waals surface area contributed by atoms with Gasteiger partial charge in [0.2, 0.25) is 17.8 Å². The number of allylic oxidation sites excluding steroid dienone is 1. The number of H-pyrrole nitrogens is 1. The molecule has 3 heterocycles. The predicted molar refractivity (Wildman–Crippen MR) is 122 cm³/mol. The highest BCUT2D eigenvalue weighted by Crippen LogP contribution is 2.30. The van der Waals surface area contributed by atoms with E-state index in [0.29, 0.717) is 24.5 Å². The van der Waals surface area contributed by atoms with Crippen molar-refractivity contribution in [1.82, 2.24) is 30.5 Å². The maximum absolute atomic E-state index is 13.0. The molecule has 1 aromatic carbocycles. The van der Waals surface area contributed by atoms with E-state index in [1.807, 2.05) is 19.1 Å². The number of aromatic amines is 1. The molecule has 0 unspecified atom stereocenters. The van der Waals surface area contributed by atoms with Crippen LogP contribution >= 0.6 is 0 Å². The molecule has 0 aliphatic carbocycles. The van der Waals surface area contributed by atoms with E-state index in [1.165, 1.54) is 18.2 Å². The molecule has 3 aromatic rings. The maximum atomic E-state index is 13.0. The van der Waals surface area contributed by atoms with Crippen LogP contribution in [0.1, 0.15) is 29.6 Å². The summed E-state index contributed by atoms with van der Waals surface area (Å²) in [5.41, 5.74) is 0.367. The van der Waals surface area contributed by atoms with E-state index < -0.39 is 11.7 Å². The number of anilines is 3. The number of rotatable bonds is 6. The van der Waals surface area contributed by atoms with Crippen LogP contribution in [-0.4, -0.2) is 50.7 Å². The van der Waals surface area contributed by atoms with Gasteiger partial charge in [0.25, 0.3) is 0 Å². The largest absolute Gasteiger partial charge is 0.416 e. The summed E-state index contributed by atoms with van der Waals surface area (Å²) in [6, 6.07) is 6.69. The van der Waals surface area contributed by atoms with E-state index in [2.05, 4.69) is 35.8 Å². The first-order valence-electron chi connectivity index (χ1n) is 10.4. The quantitative estimate of drug-likeness (QED) is 0.506. The molecule has 0 radical (unpaired) electrons. The van der Waals surface area contributed by atoms with E-state index in [9.17, 15) is 18.0 Å². The zero-order valence-electron chi connectivity index (χ0n) is 18.1. The van der Waals surface area contributed by atoms with Gasteiger partial charge < -0.3 is 15.5 Å². The summed E-state index contributed by atoms with van der Waals surface area (Å²) in [6.45, 7) is 2.90. The van der Waals surface area contributed by atoms with Crippen LogP contribution in [0, 0.1) is 0 Å². The minimum absolute atomic E-state index is 0.0775. The van der Waals surface area contributed by atoms with Gasteiger partial charge in [-0.2, -0.15) is 33.2 Å². The van der Waals surface area contributed by atoms with Gasteiger partial charge in [-0.25, -0.2) is 0 Å². The number of hydrogen-bond donors (Lipinski definition) is 3. The molecule has 4 rings (SSSR count). The van der Waals surface area contributed by atoms with Crippen molar-refractivity contribution in [2.24, 2.45) is 0 Å². The summed E-state index contributed by atoms with van der Waals surface area (Å²) in [4.78, 5) is 26.7. The van der Waals surface area contributed by atoms with Crippen LogP contribution in [0.15, 0.2) is 36.4 Å². The summed E-state index contributed by atoms with van der Waals surface area (Å²) in [7, 11) is 0. The van der Waals surface area contributed by atoms with E-state index in [-0.39, 0.29) is 30.2 Å². The molecule has 0 spiro atoms. The van der Waals surface area contributed by atoms with Crippen LogP contribution in [0.25, 0.3) is 18.2 Å². The second-order valence-electron chi connectivity index (χ2n) is 7.38. The maximum Gasteiger partial charge on any atom is 0.416 e. The minimum atomic E-state index is -4.44. The molecular formula is C22H21F3N8O. The van der Waals surface area contributed by atoms with Gasteiger partial charge in [-0.05, 0) is 36.8 Å². The molecule has 1 amide bonds. The lowest BCUT2D eigenvalue weighted by atomic mass is 10.1. The molecule has 0 atom stereocenters. The van der Waals surface area contributed by atoms with Gasteiger partial charge in [0, 0.05) is 19.2 Å². The number of carbonyl (C=O) groups excluding carboxylic acids is 1. The fraction of sp³-hybridized carbons (Fsp3) is 0.227. The van der Waals surface area contributed by atoms with E-state index in [1.54, 1.807) is 17.0 Å². The molecule has 0 saturated carbocycles. The number of benzene rings is 1. The van der Waals surface area contributed by atoms with Crippen molar-refractivity contribution in [3.8, 4) is 0 Å². The van der Waals surface area contributed by atoms with Crippen LogP contribution in [-0.2, 0) is 11.0 Å². The molecule has 2 aromatic heterocycles. The molecule has 34 heavy (non-hydrogen) atoms. The summed E-state index contributed by atoms with van der Waals surface area (Å²) in [6.07, 6.45) is 2.24. The lowest BCUT2D eigenvalue weighted by molar-refractivity contribution is -0.137. The van der Waals surface area contributed by atoms with Crippen molar-refractivity contribution in [3.63, 3.8) is 0 Å². The summed E-state index contributed by atoms with van der Waals surface area (Å²) in [5.74, 6) is 0.957. The highest BCUT2D eigenvalue weighted by molar-refractivity contribution is 5.82. The molecule has 9 nitrogen and oxygen atoms in total. The molecule has 1 saturated heterocycles. The Hall–Kier alpha value is -4.22. The molecule has 0 bridgehead atoms. The Balaban J connectivity index is 1.65. The van der Waals surface area contributed by atoms with Crippen molar-refractivity contribution < 1.29 is 18.0 Å². The SMILES string of the molecule is C/C=C/c1cc(Nc2nc(/C=C/c3cccc(C(F)(F)F)c3)nc(N3CCNC(=O)C3)n2)n[nH]1. The Morgan fingerprint density at radius 3 is 2.74 bits per heavy atom. The summed E-state index contributed by atoms with van der Waals surface area (Å²) < 4.78 is 39.0. The minimum Gasteiger partial charge on any atom is -0.353 e. The third-order valence-corrected chi connectivity index (χ3v) is 4.78. The normalized spacial score (nSPS) is 14.7. The number of nitrogens with one attached hydrogen (secondary N) is 3. The lowest BCUT2D eigenvalue weighted by Gasteiger charge is -2.26. The second kappa shape index (κ2) is 9.73. The fourth-order valence-electron chi connectivity index (χ4n) is 3.23. The van der Waals surface area contributed by atoms with Gasteiger partial charge in [-0.3, -0.25) is 9.89 Å². The Morgan fingerprint density at radius 1 is 1.12 bits per heavy atom. The topological polar surface area (TPSA) is 112 Å². The Labute approximate surface area is 192 Å². The van der Waals surface area contributed by atoms with Gasteiger partial charge >= 0.3 is 6.18 Å². The molecule has 1 aliphatic heterocycles. The first-order valence-corrected chi connectivity index (χ1v) is 10.4. The third kappa shape index (κ3) is 5.77. The third-order valence-electron chi connectivity index (χ3n) is 4.78. The Morgan fingerprint density at radius 2 is 1.97 bits per heavy atom. The van der Waals surface area contributed by atoms with Crippen molar-refractivity contribution in [1.29, 1.82) is 0 Å². The standard InChI is InChI=1S/C22H21F3N8O/c1-2-4-16-12-18(32-31-16)28-20-27-17(29-21(30-20)33-10-9-26-19(34)13-33)8-7-14-5-3-6-15(11-14)22(23,24)25/h2-8,11-12H,9-10,13H2,1H3,(H,26,34)(H2,27,28,29,30,31,32)/b4-2+,8-7+. The summed E-state index contributed by atoms with van der Waals surface area (Å²) in [5, 5.41) is 12.7. The second-order valence-corrected chi connectivity index (χ2v) is 7.38. The van der Waals surface area contributed by atoms with Gasteiger partial charge in [-0.1, -0.05) is 24.3 Å². The lowest BCUT2D eigenvalue weighted by Crippen LogP contribution is -2.48. The Kier molecular flexibility index (Phi) is 6.57. The highest BCUT2D eigenvalue weighted by atomic mass is 19.4. The van der Waals surface area contributed by atoms with Crippen LogP contribution < -0.4 is 15.5 Å². The average Bonchev–Trinajstić information content (AvgIpc) is 3.24. The number of alkyl halides is 3. The Bertz CT molecular complexity index is 1230. The first-order chi connectivity index (χ1) is 16.3. The highest BCUT2D eigenvalue weighted by Gasteiger charge is 2.30. The van der Waals surface area contributed by atoms with Crippen molar-refractivity contribution in [3.05, 3.63) is 59.1 Å². The number of hydrogen-bond acceptors (Lipinski definition) is 7. The average molecular weight is 470 g/mol. The molecule has 176 valence electrons.